The molecular weight excluding hydrogens is 445 g/mol. The van der Waals surface area contributed by atoms with E-state index in [1.807, 2.05) is 0 Å². The molecule has 1 atom stereocenters. The van der Waals surface area contributed by atoms with Crippen molar-refractivity contribution in [2.45, 2.75) is 24.7 Å². The van der Waals surface area contributed by atoms with Gasteiger partial charge in [-0.2, -0.15) is 33.1 Å². The highest BCUT2D eigenvalue weighted by atomic mass is 79.9. The molecule has 0 amide bonds. The lowest BCUT2D eigenvalue weighted by Crippen LogP contribution is -2.58. The van der Waals surface area contributed by atoms with Crippen LogP contribution in [0.2, 0.25) is 0 Å². The lowest BCUT2D eigenvalue weighted by molar-refractivity contribution is -0.295. The standard InChI is InChI=1S/C15H12BrF3N8O/c16-9-3-1-8(2-4-9)10-6-14(28,15(17,18)19)27(25-10)13-24-23-11(20)5-12-21-7-22-26(12)13/h1-4,7,28H,5-6H2,(H2,20,23)/t14-/m0/s1. The first-order chi connectivity index (χ1) is 13.2. The smallest absolute Gasteiger partial charge is 0.385 e. The average Bonchev–Trinajstić information content (AvgIpc) is 3.18. The van der Waals surface area contributed by atoms with Crippen LogP contribution in [-0.4, -0.2) is 54.3 Å². The molecule has 1 aromatic carbocycles. The van der Waals surface area contributed by atoms with E-state index in [0.29, 0.717) is 10.6 Å². The van der Waals surface area contributed by atoms with Gasteiger partial charge in [-0.25, -0.2) is 4.98 Å². The third-order valence-corrected chi connectivity index (χ3v) is 4.75. The lowest BCUT2D eigenvalue weighted by Gasteiger charge is -2.33. The van der Waals surface area contributed by atoms with Crippen LogP contribution in [0.25, 0.3) is 0 Å². The molecule has 0 unspecified atom stereocenters. The molecule has 0 fully saturated rings. The SMILES string of the molecule is NC1=NN=C(N2N=C(c3ccc(Br)cc3)C[C@]2(O)C(F)(F)F)n2ncnc2C1. The Morgan fingerprint density at radius 2 is 1.89 bits per heavy atom. The Morgan fingerprint density at radius 3 is 2.57 bits per heavy atom. The zero-order chi connectivity index (χ0) is 20.1. The summed E-state index contributed by atoms with van der Waals surface area (Å²) in [5, 5.41) is 26.3. The molecule has 0 aliphatic carbocycles. The Hall–Kier alpha value is -2.80. The minimum atomic E-state index is -5.04. The fourth-order valence-corrected chi connectivity index (χ4v) is 3.08. The predicted octanol–water partition coefficient (Wildman–Crippen LogP) is 1.43. The molecule has 2 aliphatic rings. The van der Waals surface area contributed by atoms with Crippen LogP contribution in [-0.2, 0) is 6.42 Å². The van der Waals surface area contributed by atoms with Gasteiger partial charge in [-0.15, -0.1) is 10.2 Å². The van der Waals surface area contributed by atoms with Crippen molar-refractivity contribution in [2.75, 3.05) is 0 Å². The van der Waals surface area contributed by atoms with Crippen LogP contribution in [0.4, 0.5) is 13.2 Å². The van der Waals surface area contributed by atoms with Gasteiger partial charge in [-0.3, -0.25) is 0 Å². The minimum Gasteiger partial charge on any atom is -0.385 e. The summed E-state index contributed by atoms with van der Waals surface area (Å²) >= 11 is 3.27. The molecule has 0 bridgehead atoms. The van der Waals surface area contributed by atoms with E-state index in [9.17, 15) is 18.3 Å². The van der Waals surface area contributed by atoms with Crippen molar-refractivity contribution in [2.24, 2.45) is 21.0 Å². The molecule has 3 heterocycles. The highest BCUT2D eigenvalue weighted by molar-refractivity contribution is 9.10. The first kappa shape index (κ1) is 18.6. The summed E-state index contributed by atoms with van der Waals surface area (Å²) in [6, 6.07) is 6.51. The molecule has 146 valence electrons. The van der Waals surface area contributed by atoms with Crippen LogP contribution in [0.15, 0.2) is 50.4 Å². The van der Waals surface area contributed by atoms with E-state index in [2.05, 4.69) is 41.3 Å². The van der Waals surface area contributed by atoms with E-state index >= 15 is 0 Å². The summed E-state index contributed by atoms with van der Waals surface area (Å²) in [5.41, 5.74) is 2.78. The van der Waals surface area contributed by atoms with E-state index in [1.165, 1.54) is 0 Å². The molecule has 4 rings (SSSR count). The van der Waals surface area contributed by atoms with Gasteiger partial charge in [0, 0.05) is 4.47 Å². The van der Waals surface area contributed by atoms with Gasteiger partial charge in [-0.05, 0) is 17.7 Å². The normalized spacial score (nSPS) is 22.3. The van der Waals surface area contributed by atoms with Crippen molar-refractivity contribution in [3.05, 3.63) is 46.5 Å². The number of aliphatic hydroxyl groups is 1. The van der Waals surface area contributed by atoms with E-state index in [4.69, 9.17) is 5.73 Å². The van der Waals surface area contributed by atoms with Crippen molar-refractivity contribution >= 4 is 33.4 Å². The van der Waals surface area contributed by atoms with Crippen molar-refractivity contribution in [1.82, 2.24) is 19.8 Å². The van der Waals surface area contributed by atoms with E-state index in [1.54, 1.807) is 24.3 Å². The maximum Gasteiger partial charge on any atom is 0.438 e. The molecule has 9 nitrogen and oxygen atoms in total. The zero-order valence-electron chi connectivity index (χ0n) is 14.0. The van der Waals surface area contributed by atoms with Crippen molar-refractivity contribution in [3.8, 4) is 0 Å². The Balaban J connectivity index is 1.85. The molecular formula is C15H12BrF3N8O. The number of hydrogen-bond acceptors (Lipinski definition) is 8. The quantitative estimate of drug-likeness (QED) is 0.672. The number of halogens is 4. The van der Waals surface area contributed by atoms with Crippen LogP contribution in [0.3, 0.4) is 0 Å². The molecule has 1 aromatic heterocycles. The Morgan fingerprint density at radius 1 is 1.18 bits per heavy atom. The molecule has 0 saturated heterocycles. The maximum absolute atomic E-state index is 13.9. The van der Waals surface area contributed by atoms with Crippen LogP contribution in [0.5, 0.6) is 0 Å². The molecule has 0 spiro atoms. The van der Waals surface area contributed by atoms with Gasteiger partial charge in [0.15, 0.2) is 0 Å². The van der Waals surface area contributed by atoms with E-state index in [-0.39, 0.29) is 23.8 Å². The van der Waals surface area contributed by atoms with Gasteiger partial charge >= 0.3 is 6.18 Å². The van der Waals surface area contributed by atoms with E-state index in [0.717, 1.165) is 15.5 Å². The molecule has 0 radical (unpaired) electrons. The first-order valence-electron chi connectivity index (χ1n) is 7.91. The number of hydrogen-bond donors (Lipinski definition) is 2. The highest BCUT2D eigenvalue weighted by Gasteiger charge is 2.63. The van der Waals surface area contributed by atoms with Gasteiger partial charge in [0.05, 0.1) is 18.6 Å². The van der Waals surface area contributed by atoms with Crippen molar-refractivity contribution < 1.29 is 18.3 Å². The average molecular weight is 457 g/mol. The monoisotopic (exact) mass is 456 g/mol. The lowest BCUT2D eigenvalue weighted by atomic mass is 10.0. The molecule has 2 aliphatic heterocycles. The number of hydrazone groups is 1. The predicted molar refractivity (Wildman–Crippen MR) is 96.3 cm³/mol. The summed E-state index contributed by atoms with van der Waals surface area (Å²) in [4.78, 5) is 3.95. The van der Waals surface area contributed by atoms with Gasteiger partial charge in [0.1, 0.15) is 18.0 Å². The molecule has 3 N–H and O–H groups in total. The minimum absolute atomic E-state index is 0.0258. The maximum atomic E-state index is 13.9. The largest absolute Gasteiger partial charge is 0.438 e. The summed E-state index contributed by atoms with van der Waals surface area (Å²) in [6.07, 6.45) is -4.67. The first-order valence-corrected chi connectivity index (χ1v) is 8.70. The second kappa shape index (κ2) is 6.38. The van der Waals surface area contributed by atoms with Crippen molar-refractivity contribution in [1.29, 1.82) is 0 Å². The number of nitrogens with two attached hydrogens (primary N) is 1. The topological polar surface area (TPSA) is 117 Å². The number of fused-ring (bicyclic) bond motifs is 1. The van der Waals surface area contributed by atoms with Crippen molar-refractivity contribution in [3.63, 3.8) is 0 Å². The Kier molecular flexibility index (Phi) is 4.23. The Labute approximate surface area is 164 Å². The van der Waals surface area contributed by atoms with Gasteiger partial charge in [0.25, 0.3) is 11.7 Å². The second-order valence-corrected chi connectivity index (χ2v) is 7.03. The number of nitrogens with zero attached hydrogens (tertiary/aromatic N) is 7. The summed E-state index contributed by atoms with van der Waals surface area (Å²) in [6.45, 7) is 0. The molecule has 28 heavy (non-hydrogen) atoms. The second-order valence-electron chi connectivity index (χ2n) is 6.11. The number of aromatic nitrogens is 3. The number of alkyl halides is 3. The fraction of sp³-hybridized carbons (Fsp3) is 0.267. The molecule has 2 aromatic rings. The van der Waals surface area contributed by atoms with Crippen LogP contribution < -0.4 is 5.73 Å². The third kappa shape index (κ3) is 2.96. The third-order valence-electron chi connectivity index (χ3n) is 4.22. The highest BCUT2D eigenvalue weighted by Crippen LogP contribution is 2.41. The van der Waals surface area contributed by atoms with Crippen LogP contribution >= 0.6 is 15.9 Å². The summed E-state index contributed by atoms with van der Waals surface area (Å²) in [5.74, 6) is -0.203. The summed E-state index contributed by atoms with van der Waals surface area (Å²) in [7, 11) is 0. The van der Waals surface area contributed by atoms with Crippen LogP contribution in [0, 0.1) is 0 Å². The fourth-order valence-electron chi connectivity index (χ4n) is 2.81. The van der Waals surface area contributed by atoms with Crippen LogP contribution in [0.1, 0.15) is 17.8 Å². The molecule has 0 saturated carbocycles. The van der Waals surface area contributed by atoms with Gasteiger partial charge in [-0.1, -0.05) is 28.1 Å². The molecule has 13 heteroatoms. The van der Waals surface area contributed by atoms with Gasteiger partial charge in [0.2, 0.25) is 0 Å². The van der Waals surface area contributed by atoms with Gasteiger partial charge < -0.3 is 10.8 Å². The summed E-state index contributed by atoms with van der Waals surface area (Å²) < 4.78 is 43.3. The Bertz CT molecular complexity index is 1010. The van der Waals surface area contributed by atoms with E-state index < -0.39 is 24.3 Å². The number of rotatable bonds is 1. The number of amidine groups is 1. The number of benzene rings is 1. The zero-order valence-corrected chi connectivity index (χ0v) is 15.6.